The van der Waals surface area contributed by atoms with Crippen molar-refractivity contribution in [3.63, 3.8) is 0 Å². The Labute approximate surface area is 205 Å². The molecule has 34 heavy (non-hydrogen) atoms. The normalized spacial score (nSPS) is 10.8. The van der Waals surface area contributed by atoms with Gasteiger partial charge in [0.1, 0.15) is 18.2 Å². The number of aromatic carboxylic acids is 1. The molecule has 0 saturated carbocycles. The Morgan fingerprint density at radius 2 is 1.82 bits per heavy atom. The highest BCUT2D eigenvalue weighted by Gasteiger charge is 2.14. The largest absolute Gasteiger partial charge is 0.493 e. The first-order chi connectivity index (χ1) is 16.3. The van der Waals surface area contributed by atoms with Crippen LogP contribution in [0.2, 0.25) is 10.0 Å². The van der Waals surface area contributed by atoms with Gasteiger partial charge in [0, 0.05) is 0 Å². The van der Waals surface area contributed by atoms with E-state index in [1.54, 1.807) is 48.5 Å². The van der Waals surface area contributed by atoms with E-state index in [1.165, 1.54) is 25.3 Å². The highest BCUT2D eigenvalue weighted by molar-refractivity contribution is 6.44. The quantitative estimate of drug-likeness (QED) is 0.300. The molecule has 0 aliphatic carbocycles. The molecule has 0 aromatic heterocycles. The Kier molecular flexibility index (Phi) is 8.14. The number of methoxy groups -OCH3 is 1. The number of carboxylic acid groups (broad SMARTS) is 1. The van der Waals surface area contributed by atoms with Gasteiger partial charge in [-0.3, -0.25) is 4.79 Å². The lowest BCUT2D eigenvalue weighted by atomic mass is 10.1. The number of rotatable bonds is 8. The molecule has 1 amide bonds. The van der Waals surface area contributed by atoms with Gasteiger partial charge in [-0.2, -0.15) is 5.26 Å². The van der Waals surface area contributed by atoms with Crippen LogP contribution in [0.5, 0.6) is 11.5 Å². The highest BCUT2D eigenvalue weighted by atomic mass is 35.5. The van der Waals surface area contributed by atoms with Gasteiger partial charge < -0.3 is 19.9 Å². The highest BCUT2D eigenvalue weighted by Crippen LogP contribution is 2.31. The van der Waals surface area contributed by atoms with Gasteiger partial charge in [-0.15, -0.1) is 0 Å². The Morgan fingerprint density at radius 3 is 2.47 bits per heavy atom. The van der Waals surface area contributed by atoms with E-state index in [4.69, 9.17) is 37.8 Å². The lowest BCUT2D eigenvalue weighted by Gasteiger charge is -2.12. The number of nitrogens with one attached hydrogen (secondary N) is 1. The van der Waals surface area contributed by atoms with Crippen LogP contribution in [0, 0.1) is 11.3 Å². The number of amides is 1. The third-order valence-corrected chi connectivity index (χ3v) is 5.48. The van der Waals surface area contributed by atoms with E-state index in [-0.39, 0.29) is 33.5 Å². The number of anilines is 1. The molecular weight excluding hydrogens is 479 g/mol. The Balaban J connectivity index is 1.75. The van der Waals surface area contributed by atoms with E-state index in [0.29, 0.717) is 17.1 Å². The zero-order valence-corrected chi connectivity index (χ0v) is 19.4. The molecule has 0 spiro atoms. The molecule has 3 aromatic rings. The van der Waals surface area contributed by atoms with Crippen LogP contribution < -0.4 is 14.8 Å². The topological polar surface area (TPSA) is 109 Å². The van der Waals surface area contributed by atoms with Crippen molar-refractivity contribution in [1.29, 1.82) is 5.26 Å². The third-order valence-electron chi connectivity index (χ3n) is 4.66. The second kappa shape index (κ2) is 11.2. The molecule has 0 saturated heterocycles. The Morgan fingerprint density at radius 1 is 1.09 bits per heavy atom. The molecule has 3 rings (SSSR count). The molecule has 9 heteroatoms. The summed E-state index contributed by atoms with van der Waals surface area (Å²) in [7, 11) is 1.47. The van der Waals surface area contributed by atoms with Crippen molar-refractivity contribution < 1.29 is 24.2 Å². The van der Waals surface area contributed by atoms with Crippen molar-refractivity contribution in [1.82, 2.24) is 0 Å². The van der Waals surface area contributed by atoms with E-state index in [9.17, 15) is 14.9 Å². The molecule has 0 aliphatic rings. The Bertz CT molecular complexity index is 1300. The first kappa shape index (κ1) is 24.6. The van der Waals surface area contributed by atoms with E-state index in [2.05, 4.69) is 5.32 Å². The van der Waals surface area contributed by atoms with Crippen LogP contribution in [0.25, 0.3) is 6.08 Å². The van der Waals surface area contributed by atoms with Gasteiger partial charge in [-0.1, -0.05) is 47.5 Å². The minimum Gasteiger partial charge on any atom is -0.493 e. The molecule has 3 aromatic carbocycles. The predicted molar refractivity (Wildman–Crippen MR) is 129 cm³/mol. The average Bonchev–Trinajstić information content (AvgIpc) is 2.84. The summed E-state index contributed by atoms with van der Waals surface area (Å²) in [5.41, 5.74) is 1.65. The number of carbonyl (C=O) groups is 2. The molecule has 0 fully saturated rings. The lowest BCUT2D eigenvalue weighted by Crippen LogP contribution is -2.13. The number of carbonyl (C=O) groups excluding carboxylic acids is 1. The number of carboxylic acids is 1. The maximum absolute atomic E-state index is 12.6. The number of benzene rings is 3. The van der Waals surface area contributed by atoms with Gasteiger partial charge in [-0.25, -0.2) is 4.79 Å². The molecule has 0 bridgehead atoms. The van der Waals surface area contributed by atoms with Crippen LogP contribution in [0.3, 0.4) is 0 Å². The first-order valence-electron chi connectivity index (χ1n) is 9.82. The van der Waals surface area contributed by atoms with Crippen LogP contribution in [0.1, 0.15) is 21.5 Å². The van der Waals surface area contributed by atoms with Crippen molar-refractivity contribution in [2.75, 3.05) is 12.4 Å². The fourth-order valence-electron chi connectivity index (χ4n) is 2.90. The molecular formula is C25H18Cl2N2O5. The summed E-state index contributed by atoms with van der Waals surface area (Å²) in [4.78, 5) is 23.5. The van der Waals surface area contributed by atoms with Gasteiger partial charge in [0.25, 0.3) is 5.91 Å². The molecule has 172 valence electrons. The molecule has 0 atom stereocenters. The fourth-order valence-corrected chi connectivity index (χ4v) is 3.25. The van der Waals surface area contributed by atoms with Crippen LogP contribution >= 0.6 is 23.2 Å². The van der Waals surface area contributed by atoms with E-state index in [1.807, 2.05) is 6.07 Å². The SMILES string of the molecule is COc1cc(/C=C(/C#N)C(=O)Nc2cccc(Cl)c2Cl)ccc1OCc1ccc(C(=O)O)cc1. The van der Waals surface area contributed by atoms with Crippen LogP contribution in [0.15, 0.2) is 66.2 Å². The molecule has 7 nitrogen and oxygen atoms in total. The Hall–Kier alpha value is -3.99. The van der Waals surface area contributed by atoms with Gasteiger partial charge >= 0.3 is 5.97 Å². The monoisotopic (exact) mass is 496 g/mol. The molecule has 0 radical (unpaired) electrons. The zero-order chi connectivity index (χ0) is 24.7. The minimum atomic E-state index is -1.00. The van der Waals surface area contributed by atoms with Crippen LogP contribution in [0.4, 0.5) is 5.69 Å². The second-order valence-corrected chi connectivity index (χ2v) is 7.71. The summed E-state index contributed by atoms with van der Waals surface area (Å²) in [6.07, 6.45) is 1.41. The number of nitrogens with zero attached hydrogens (tertiary/aromatic N) is 1. The van der Waals surface area contributed by atoms with Crippen LogP contribution in [-0.4, -0.2) is 24.1 Å². The number of nitriles is 1. The van der Waals surface area contributed by atoms with Crippen molar-refractivity contribution >= 4 is 46.8 Å². The maximum atomic E-state index is 12.6. The molecule has 0 unspecified atom stereocenters. The van der Waals surface area contributed by atoms with Gasteiger partial charge in [0.05, 0.1) is 28.4 Å². The number of ether oxygens (including phenoxy) is 2. The number of hydrogen-bond acceptors (Lipinski definition) is 5. The summed E-state index contributed by atoms with van der Waals surface area (Å²) in [5, 5.41) is 21.5. The van der Waals surface area contributed by atoms with E-state index in [0.717, 1.165) is 5.56 Å². The summed E-state index contributed by atoms with van der Waals surface area (Å²) in [6.45, 7) is 0.192. The maximum Gasteiger partial charge on any atom is 0.335 e. The van der Waals surface area contributed by atoms with Gasteiger partial charge in [0.2, 0.25) is 0 Å². The summed E-state index contributed by atoms with van der Waals surface area (Å²) in [5.74, 6) is -0.809. The number of hydrogen-bond donors (Lipinski definition) is 2. The summed E-state index contributed by atoms with van der Waals surface area (Å²) >= 11 is 12.1. The fraction of sp³-hybridized carbons (Fsp3) is 0.0800. The van der Waals surface area contributed by atoms with Crippen molar-refractivity contribution in [2.45, 2.75) is 6.61 Å². The van der Waals surface area contributed by atoms with Crippen molar-refractivity contribution in [2.24, 2.45) is 0 Å². The van der Waals surface area contributed by atoms with Crippen molar-refractivity contribution in [3.05, 3.63) is 93.0 Å². The smallest absolute Gasteiger partial charge is 0.335 e. The molecule has 0 heterocycles. The zero-order valence-electron chi connectivity index (χ0n) is 17.8. The van der Waals surface area contributed by atoms with Crippen molar-refractivity contribution in [3.8, 4) is 17.6 Å². The summed E-state index contributed by atoms with van der Waals surface area (Å²) < 4.78 is 11.2. The number of halogens is 2. The molecule has 2 N–H and O–H groups in total. The lowest BCUT2D eigenvalue weighted by molar-refractivity contribution is -0.112. The standard InChI is InChI=1S/C25H18Cl2N2O5/c1-33-22-12-16(7-10-21(22)34-14-15-5-8-17(9-6-15)25(31)32)11-18(13-28)24(30)29-20-4-2-3-19(26)23(20)27/h2-12H,14H2,1H3,(H,29,30)(H,31,32)/b18-11-. The van der Waals surface area contributed by atoms with E-state index >= 15 is 0 Å². The van der Waals surface area contributed by atoms with Crippen LogP contribution in [-0.2, 0) is 11.4 Å². The summed E-state index contributed by atoms with van der Waals surface area (Å²) in [6, 6.07) is 17.9. The average molecular weight is 497 g/mol. The second-order valence-electron chi connectivity index (χ2n) is 6.93. The predicted octanol–water partition coefficient (Wildman–Crippen LogP) is 5.82. The molecule has 0 aliphatic heterocycles. The van der Waals surface area contributed by atoms with Gasteiger partial charge in [0.15, 0.2) is 11.5 Å². The van der Waals surface area contributed by atoms with Gasteiger partial charge in [-0.05, 0) is 53.6 Å². The third kappa shape index (κ3) is 6.07. The minimum absolute atomic E-state index is 0.148. The van der Waals surface area contributed by atoms with E-state index < -0.39 is 11.9 Å². The first-order valence-corrected chi connectivity index (χ1v) is 10.6.